The lowest BCUT2D eigenvalue weighted by Gasteiger charge is -2.17. The zero-order valence-electron chi connectivity index (χ0n) is 15.3. The maximum Gasteiger partial charge on any atom is 0.401 e. The number of unbranched alkanes of at least 4 members (excludes halogenated alkanes) is 1. The van der Waals surface area contributed by atoms with Crippen LogP contribution in [-0.4, -0.2) is 56.3 Å². The van der Waals surface area contributed by atoms with Crippen molar-refractivity contribution >= 4 is 5.96 Å². The van der Waals surface area contributed by atoms with Crippen molar-refractivity contribution in [1.29, 1.82) is 0 Å². The third-order valence-electron chi connectivity index (χ3n) is 4.13. The Hall–Kier alpha value is -0.980. The molecule has 1 fully saturated rings. The average molecular weight is 350 g/mol. The van der Waals surface area contributed by atoms with Crippen LogP contribution in [0, 0.1) is 11.8 Å². The van der Waals surface area contributed by atoms with E-state index in [0.29, 0.717) is 19.6 Å². The second kappa shape index (κ2) is 10.8. The summed E-state index contributed by atoms with van der Waals surface area (Å²) >= 11 is 0. The normalized spacial score (nSPS) is 20.0. The van der Waals surface area contributed by atoms with Gasteiger partial charge in [-0.25, -0.2) is 0 Å². The molecular formula is C17H33F3N4. The quantitative estimate of drug-likeness (QED) is 0.381. The number of guanidine groups is 1. The Morgan fingerprint density at radius 1 is 1.25 bits per heavy atom. The second-order valence-corrected chi connectivity index (χ2v) is 7.04. The van der Waals surface area contributed by atoms with Gasteiger partial charge in [0.05, 0.1) is 6.54 Å². The first-order valence-corrected chi connectivity index (χ1v) is 9.11. The summed E-state index contributed by atoms with van der Waals surface area (Å²) in [4.78, 5) is 6.02. The molecule has 1 heterocycles. The number of rotatable bonds is 9. The van der Waals surface area contributed by atoms with Crippen molar-refractivity contribution in [2.75, 3.05) is 39.3 Å². The molecule has 1 aliphatic rings. The Balaban J connectivity index is 2.30. The van der Waals surface area contributed by atoms with Crippen LogP contribution in [0.5, 0.6) is 0 Å². The Morgan fingerprint density at radius 3 is 2.62 bits per heavy atom. The molecule has 0 aromatic heterocycles. The van der Waals surface area contributed by atoms with Crippen LogP contribution < -0.4 is 10.6 Å². The smallest absolute Gasteiger partial charge is 0.357 e. The number of hydrogen-bond donors (Lipinski definition) is 2. The number of nitrogens with one attached hydrogen (secondary N) is 2. The third kappa shape index (κ3) is 10.0. The topological polar surface area (TPSA) is 39.7 Å². The number of likely N-dealkylation sites (tertiary alicyclic amines) is 1. The lowest BCUT2D eigenvalue weighted by molar-refractivity contribution is -0.143. The van der Waals surface area contributed by atoms with E-state index >= 15 is 0 Å². The lowest BCUT2D eigenvalue weighted by atomic mass is 10.1. The minimum atomic E-state index is -4.11. The molecule has 142 valence electrons. The van der Waals surface area contributed by atoms with E-state index in [0.717, 1.165) is 37.8 Å². The van der Waals surface area contributed by atoms with E-state index < -0.39 is 12.7 Å². The largest absolute Gasteiger partial charge is 0.401 e. The van der Waals surface area contributed by atoms with Gasteiger partial charge in [-0.05, 0) is 38.1 Å². The van der Waals surface area contributed by atoms with Gasteiger partial charge >= 0.3 is 6.18 Å². The molecule has 2 N–H and O–H groups in total. The van der Waals surface area contributed by atoms with E-state index in [4.69, 9.17) is 0 Å². The zero-order valence-corrected chi connectivity index (χ0v) is 15.3. The molecule has 0 aliphatic carbocycles. The van der Waals surface area contributed by atoms with Crippen LogP contribution in [0.3, 0.4) is 0 Å². The van der Waals surface area contributed by atoms with E-state index in [1.165, 1.54) is 17.7 Å². The minimum absolute atomic E-state index is 0.212. The van der Waals surface area contributed by atoms with Crippen LogP contribution in [0.15, 0.2) is 4.99 Å². The molecule has 1 rings (SSSR count). The van der Waals surface area contributed by atoms with Gasteiger partial charge in [-0.3, -0.25) is 9.89 Å². The van der Waals surface area contributed by atoms with Crippen molar-refractivity contribution in [3.8, 4) is 0 Å². The molecule has 24 heavy (non-hydrogen) atoms. The number of halogens is 3. The van der Waals surface area contributed by atoms with E-state index in [1.54, 1.807) is 0 Å². The van der Waals surface area contributed by atoms with E-state index in [2.05, 4.69) is 29.5 Å². The Bertz CT molecular complexity index is 369. The predicted molar refractivity (Wildman–Crippen MR) is 93.3 cm³/mol. The molecule has 1 aliphatic heterocycles. The van der Waals surface area contributed by atoms with E-state index in [1.807, 2.05) is 6.92 Å². The average Bonchev–Trinajstić information content (AvgIpc) is 2.89. The Kier molecular flexibility index (Phi) is 9.48. The highest BCUT2D eigenvalue weighted by atomic mass is 19.4. The number of aliphatic imine (C=N–C) groups is 1. The highest BCUT2D eigenvalue weighted by Gasteiger charge is 2.34. The molecule has 0 aromatic carbocycles. The second-order valence-electron chi connectivity index (χ2n) is 7.04. The van der Waals surface area contributed by atoms with Crippen molar-refractivity contribution in [3.05, 3.63) is 0 Å². The van der Waals surface area contributed by atoms with Gasteiger partial charge in [0.1, 0.15) is 0 Å². The minimum Gasteiger partial charge on any atom is -0.357 e. The SMILES string of the molecule is CCNC(=NCC1CCN(CC(F)(F)F)C1)NCCCCC(C)C. The molecular weight excluding hydrogens is 317 g/mol. The van der Waals surface area contributed by atoms with Gasteiger partial charge in [0.15, 0.2) is 5.96 Å². The van der Waals surface area contributed by atoms with Crippen LogP contribution in [-0.2, 0) is 0 Å². The van der Waals surface area contributed by atoms with E-state index in [9.17, 15) is 13.2 Å². The van der Waals surface area contributed by atoms with Crippen molar-refractivity contribution in [2.45, 2.75) is 52.6 Å². The molecule has 0 saturated carbocycles. The van der Waals surface area contributed by atoms with Crippen LogP contribution in [0.25, 0.3) is 0 Å². The van der Waals surface area contributed by atoms with Gasteiger partial charge in [-0.1, -0.05) is 26.7 Å². The van der Waals surface area contributed by atoms with Gasteiger partial charge in [0, 0.05) is 26.2 Å². The van der Waals surface area contributed by atoms with Crippen LogP contribution in [0.4, 0.5) is 13.2 Å². The number of nitrogens with zero attached hydrogens (tertiary/aromatic N) is 2. The molecule has 0 aromatic rings. The molecule has 7 heteroatoms. The molecule has 4 nitrogen and oxygen atoms in total. The molecule has 0 spiro atoms. The Labute approximate surface area is 144 Å². The molecule has 1 unspecified atom stereocenters. The lowest BCUT2D eigenvalue weighted by Crippen LogP contribution is -2.38. The summed E-state index contributed by atoms with van der Waals surface area (Å²) in [6, 6.07) is 0. The summed E-state index contributed by atoms with van der Waals surface area (Å²) in [6.45, 7) is 8.89. The summed E-state index contributed by atoms with van der Waals surface area (Å²) in [5.41, 5.74) is 0. The molecule has 1 saturated heterocycles. The summed E-state index contributed by atoms with van der Waals surface area (Å²) in [6.07, 6.45) is 0.203. The van der Waals surface area contributed by atoms with Gasteiger partial charge in [0.2, 0.25) is 0 Å². The van der Waals surface area contributed by atoms with Gasteiger partial charge in [0.25, 0.3) is 0 Å². The fourth-order valence-corrected chi connectivity index (χ4v) is 2.91. The zero-order chi connectivity index (χ0) is 18.0. The number of hydrogen-bond acceptors (Lipinski definition) is 2. The number of alkyl halides is 3. The van der Waals surface area contributed by atoms with Gasteiger partial charge in [-0.15, -0.1) is 0 Å². The Morgan fingerprint density at radius 2 is 2.00 bits per heavy atom. The fraction of sp³-hybridized carbons (Fsp3) is 0.941. The summed E-state index contributed by atoms with van der Waals surface area (Å²) in [5.74, 6) is 1.72. The summed E-state index contributed by atoms with van der Waals surface area (Å²) in [7, 11) is 0. The van der Waals surface area contributed by atoms with Crippen molar-refractivity contribution < 1.29 is 13.2 Å². The first-order chi connectivity index (χ1) is 11.3. The standard InChI is InChI=1S/C17H33F3N4/c1-4-21-16(22-9-6-5-7-14(2)3)23-11-15-8-10-24(12-15)13-17(18,19)20/h14-15H,4-13H2,1-3H3,(H2,21,22,23). The summed E-state index contributed by atoms with van der Waals surface area (Å²) < 4.78 is 37.2. The molecule has 0 radical (unpaired) electrons. The van der Waals surface area contributed by atoms with Crippen LogP contribution in [0.2, 0.25) is 0 Å². The maximum atomic E-state index is 12.4. The predicted octanol–water partition coefficient (Wildman–Crippen LogP) is 3.25. The monoisotopic (exact) mass is 350 g/mol. The van der Waals surface area contributed by atoms with E-state index in [-0.39, 0.29) is 5.92 Å². The highest BCUT2D eigenvalue weighted by Crippen LogP contribution is 2.22. The maximum absolute atomic E-state index is 12.4. The van der Waals surface area contributed by atoms with Crippen molar-refractivity contribution in [3.63, 3.8) is 0 Å². The molecule has 0 amide bonds. The molecule has 1 atom stereocenters. The van der Waals surface area contributed by atoms with Crippen LogP contribution in [0.1, 0.15) is 46.5 Å². The van der Waals surface area contributed by atoms with Crippen LogP contribution >= 0.6 is 0 Å². The third-order valence-corrected chi connectivity index (χ3v) is 4.13. The fourth-order valence-electron chi connectivity index (χ4n) is 2.91. The first-order valence-electron chi connectivity index (χ1n) is 9.11. The van der Waals surface area contributed by atoms with Crippen molar-refractivity contribution in [2.24, 2.45) is 16.8 Å². The van der Waals surface area contributed by atoms with Gasteiger partial charge < -0.3 is 10.6 Å². The van der Waals surface area contributed by atoms with Gasteiger partial charge in [-0.2, -0.15) is 13.2 Å². The first kappa shape index (κ1) is 21.1. The highest BCUT2D eigenvalue weighted by molar-refractivity contribution is 5.79. The molecule has 0 bridgehead atoms. The summed E-state index contributed by atoms with van der Waals surface area (Å²) in [5, 5.41) is 6.51. The van der Waals surface area contributed by atoms with Crippen molar-refractivity contribution in [1.82, 2.24) is 15.5 Å².